The number of alkyl halides is 1. The molecule has 0 fully saturated rings. The molecule has 0 aliphatic carbocycles. The molecular formula is C10H11BrO. The standard InChI is InChI=1S/C10H11BrO/c1-8-3-5-9(6-4-8)10(2,11)7-12/h3-7H,1-2H3. The number of carbonyl (C=O) groups excluding carboxylic acids is 1. The Labute approximate surface area is 80.9 Å². The zero-order valence-corrected chi connectivity index (χ0v) is 8.76. The summed E-state index contributed by atoms with van der Waals surface area (Å²) < 4.78 is -0.541. The van der Waals surface area contributed by atoms with Crippen molar-refractivity contribution < 1.29 is 4.79 Å². The third kappa shape index (κ3) is 1.95. The predicted octanol–water partition coefficient (Wildman–Crippen LogP) is 2.80. The molecule has 1 rings (SSSR count). The molecule has 1 nitrogen and oxygen atoms in total. The van der Waals surface area contributed by atoms with Gasteiger partial charge in [0.2, 0.25) is 0 Å². The lowest BCUT2D eigenvalue weighted by Crippen LogP contribution is -2.13. The van der Waals surface area contributed by atoms with Crippen LogP contribution >= 0.6 is 15.9 Å². The maximum atomic E-state index is 10.7. The summed E-state index contributed by atoms with van der Waals surface area (Å²) in [4.78, 5) is 10.7. The van der Waals surface area contributed by atoms with E-state index in [1.165, 1.54) is 5.56 Å². The molecule has 0 heterocycles. The molecule has 64 valence electrons. The van der Waals surface area contributed by atoms with E-state index in [0.29, 0.717) is 0 Å². The van der Waals surface area contributed by atoms with Crippen LogP contribution in [0.3, 0.4) is 0 Å². The number of aldehydes is 1. The van der Waals surface area contributed by atoms with Crippen LogP contribution in [0.2, 0.25) is 0 Å². The molecule has 0 saturated heterocycles. The first kappa shape index (κ1) is 9.46. The van der Waals surface area contributed by atoms with Crippen molar-refractivity contribution >= 4 is 22.2 Å². The van der Waals surface area contributed by atoms with E-state index in [1.54, 1.807) is 0 Å². The molecule has 0 aliphatic heterocycles. The van der Waals surface area contributed by atoms with Crippen molar-refractivity contribution in [3.63, 3.8) is 0 Å². The first-order valence-electron chi connectivity index (χ1n) is 3.78. The van der Waals surface area contributed by atoms with E-state index in [9.17, 15) is 4.79 Å². The summed E-state index contributed by atoms with van der Waals surface area (Å²) in [6.45, 7) is 3.86. The van der Waals surface area contributed by atoms with Crippen molar-refractivity contribution in [3.8, 4) is 0 Å². The second kappa shape index (κ2) is 3.40. The van der Waals surface area contributed by atoms with Crippen LogP contribution in [-0.2, 0) is 9.12 Å². The lowest BCUT2D eigenvalue weighted by Gasteiger charge is -2.14. The van der Waals surface area contributed by atoms with Crippen LogP contribution in [-0.4, -0.2) is 6.29 Å². The van der Waals surface area contributed by atoms with Gasteiger partial charge in [0.05, 0.1) is 0 Å². The largest absolute Gasteiger partial charge is 0.301 e. The average Bonchev–Trinajstić information content (AvgIpc) is 2.05. The summed E-state index contributed by atoms with van der Waals surface area (Å²) in [5.74, 6) is 0. The third-order valence-electron chi connectivity index (χ3n) is 1.84. The zero-order chi connectivity index (χ0) is 9.19. The molecule has 1 aromatic rings. The maximum absolute atomic E-state index is 10.7. The van der Waals surface area contributed by atoms with Crippen LogP contribution < -0.4 is 0 Å². The Bertz CT molecular complexity index is 274. The normalized spacial score (nSPS) is 15.2. The summed E-state index contributed by atoms with van der Waals surface area (Å²) in [6.07, 6.45) is 0.900. The van der Waals surface area contributed by atoms with E-state index in [1.807, 2.05) is 38.1 Å². The molecule has 12 heavy (non-hydrogen) atoms. The Morgan fingerprint density at radius 3 is 2.25 bits per heavy atom. The number of benzene rings is 1. The van der Waals surface area contributed by atoms with E-state index in [2.05, 4.69) is 15.9 Å². The molecule has 1 aromatic carbocycles. The molecule has 2 heteroatoms. The summed E-state index contributed by atoms with van der Waals surface area (Å²) >= 11 is 3.35. The minimum Gasteiger partial charge on any atom is -0.301 e. The Balaban J connectivity index is 3.04. The molecule has 0 bridgehead atoms. The number of hydrogen-bond donors (Lipinski definition) is 0. The molecule has 0 saturated carbocycles. The monoisotopic (exact) mass is 226 g/mol. The van der Waals surface area contributed by atoms with Gasteiger partial charge in [0.15, 0.2) is 0 Å². The van der Waals surface area contributed by atoms with E-state index >= 15 is 0 Å². The van der Waals surface area contributed by atoms with Crippen LogP contribution in [0, 0.1) is 6.92 Å². The van der Waals surface area contributed by atoms with Gasteiger partial charge in [-0.25, -0.2) is 0 Å². The Morgan fingerprint density at radius 1 is 1.33 bits per heavy atom. The van der Waals surface area contributed by atoms with Crippen LogP contribution in [0.5, 0.6) is 0 Å². The third-order valence-corrected chi connectivity index (χ3v) is 2.48. The molecule has 1 atom stereocenters. The molecule has 0 amide bonds. The molecule has 0 aromatic heterocycles. The molecule has 0 aliphatic rings. The van der Waals surface area contributed by atoms with Gasteiger partial charge >= 0.3 is 0 Å². The number of rotatable bonds is 2. The van der Waals surface area contributed by atoms with E-state index in [4.69, 9.17) is 0 Å². The predicted molar refractivity (Wildman–Crippen MR) is 53.5 cm³/mol. The first-order valence-corrected chi connectivity index (χ1v) is 4.58. The molecule has 1 unspecified atom stereocenters. The first-order chi connectivity index (χ1) is 5.56. The molecule has 0 radical (unpaired) electrons. The summed E-state index contributed by atoms with van der Waals surface area (Å²) in [7, 11) is 0. The van der Waals surface area contributed by atoms with E-state index in [0.717, 1.165) is 11.8 Å². The lowest BCUT2D eigenvalue weighted by molar-refractivity contribution is -0.109. The van der Waals surface area contributed by atoms with Crippen LogP contribution in [0.4, 0.5) is 0 Å². The Kier molecular flexibility index (Phi) is 2.68. The highest BCUT2D eigenvalue weighted by Gasteiger charge is 2.20. The van der Waals surface area contributed by atoms with Crippen molar-refractivity contribution in [1.29, 1.82) is 0 Å². The number of hydrogen-bond acceptors (Lipinski definition) is 1. The minimum absolute atomic E-state index is 0.541. The van der Waals surface area contributed by atoms with Gasteiger partial charge in [0, 0.05) is 0 Å². The van der Waals surface area contributed by atoms with Crippen LogP contribution in [0.1, 0.15) is 18.1 Å². The van der Waals surface area contributed by atoms with Gasteiger partial charge in [-0.2, -0.15) is 0 Å². The topological polar surface area (TPSA) is 17.1 Å². The number of aryl methyl sites for hydroxylation is 1. The zero-order valence-electron chi connectivity index (χ0n) is 7.17. The highest BCUT2D eigenvalue weighted by atomic mass is 79.9. The smallest absolute Gasteiger partial charge is 0.140 e. The van der Waals surface area contributed by atoms with Gasteiger partial charge in [0.1, 0.15) is 10.6 Å². The van der Waals surface area contributed by atoms with Crippen molar-refractivity contribution in [2.45, 2.75) is 18.2 Å². The maximum Gasteiger partial charge on any atom is 0.140 e. The fourth-order valence-corrected chi connectivity index (χ4v) is 1.21. The number of halogens is 1. The number of carbonyl (C=O) groups is 1. The van der Waals surface area contributed by atoms with Gasteiger partial charge in [-0.1, -0.05) is 45.8 Å². The van der Waals surface area contributed by atoms with Crippen molar-refractivity contribution in [2.24, 2.45) is 0 Å². The van der Waals surface area contributed by atoms with Gasteiger partial charge in [-0.3, -0.25) is 0 Å². The van der Waals surface area contributed by atoms with E-state index < -0.39 is 4.32 Å². The van der Waals surface area contributed by atoms with Gasteiger partial charge < -0.3 is 4.79 Å². The summed E-state index contributed by atoms with van der Waals surface area (Å²) in [5.41, 5.74) is 2.19. The molecule has 0 spiro atoms. The van der Waals surface area contributed by atoms with Gasteiger partial charge in [0.25, 0.3) is 0 Å². The van der Waals surface area contributed by atoms with Crippen molar-refractivity contribution in [1.82, 2.24) is 0 Å². The summed E-state index contributed by atoms with van der Waals surface area (Å²) in [5, 5.41) is 0. The van der Waals surface area contributed by atoms with Gasteiger partial charge in [-0.15, -0.1) is 0 Å². The Hall–Kier alpha value is -0.630. The van der Waals surface area contributed by atoms with Crippen LogP contribution in [0.25, 0.3) is 0 Å². The molecule has 0 N–H and O–H groups in total. The Morgan fingerprint density at radius 2 is 1.83 bits per heavy atom. The van der Waals surface area contributed by atoms with E-state index in [-0.39, 0.29) is 0 Å². The summed E-state index contributed by atoms with van der Waals surface area (Å²) in [6, 6.07) is 7.91. The second-order valence-electron chi connectivity index (χ2n) is 3.06. The highest BCUT2D eigenvalue weighted by Crippen LogP contribution is 2.28. The van der Waals surface area contributed by atoms with Crippen molar-refractivity contribution in [3.05, 3.63) is 35.4 Å². The SMILES string of the molecule is Cc1ccc(C(C)(Br)C=O)cc1. The van der Waals surface area contributed by atoms with Crippen LogP contribution in [0.15, 0.2) is 24.3 Å². The van der Waals surface area contributed by atoms with Gasteiger partial charge in [-0.05, 0) is 19.4 Å². The minimum atomic E-state index is -0.541. The second-order valence-corrected chi connectivity index (χ2v) is 4.71. The lowest BCUT2D eigenvalue weighted by atomic mass is 10.0. The average molecular weight is 227 g/mol. The fourth-order valence-electron chi connectivity index (χ4n) is 0.947. The molecular weight excluding hydrogens is 216 g/mol. The van der Waals surface area contributed by atoms with Crippen molar-refractivity contribution in [2.75, 3.05) is 0 Å². The highest BCUT2D eigenvalue weighted by molar-refractivity contribution is 9.10. The quantitative estimate of drug-likeness (QED) is 0.560. The fraction of sp³-hybridized carbons (Fsp3) is 0.300.